The van der Waals surface area contributed by atoms with Crippen LogP contribution in [0.4, 0.5) is 5.69 Å². The van der Waals surface area contributed by atoms with Crippen LogP contribution in [0.1, 0.15) is 0 Å². The molecule has 1 heterocycles. The monoisotopic (exact) mass is 266 g/mol. The van der Waals surface area contributed by atoms with Gasteiger partial charge in [-0.1, -0.05) is 24.3 Å². The molecule has 0 atom stereocenters. The molecule has 100 valence electrons. The van der Waals surface area contributed by atoms with Crippen LogP contribution in [0, 0.1) is 0 Å². The first-order chi connectivity index (χ1) is 9.78. The molecule has 20 heavy (non-hydrogen) atoms. The first kappa shape index (κ1) is 12.3. The Balaban J connectivity index is 2.00. The molecular formula is C16H14N2O2. The Morgan fingerprint density at radius 3 is 2.45 bits per heavy atom. The summed E-state index contributed by atoms with van der Waals surface area (Å²) in [7, 11) is 1.60. The molecule has 0 amide bonds. The van der Waals surface area contributed by atoms with Gasteiger partial charge in [0.1, 0.15) is 11.5 Å². The molecule has 0 radical (unpaired) electrons. The number of nitrogens with two attached hydrogens (primary N) is 1. The number of fused-ring (bicyclic) bond motifs is 1. The van der Waals surface area contributed by atoms with Crippen LogP contribution in [0.25, 0.3) is 10.8 Å². The normalized spacial score (nSPS) is 10.4. The summed E-state index contributed by atoms with van der Waals surface area (Å²) in [4.78, 5) is 4.20. The van der Waals surface area contributed by atoms with Crippen LogP contribution in [-0.4, -0.2) is 12.1 Å². The van der Waals surface area contributed by atoms with Gasteiger partial charge >= 0.3 is 0 Å². The van der Waals surface area contributed by atoms with Crippen molar-refractivity contribution in [1.29, 1.82) is 0 Å². The summed E-state index contributed by atoms with van der Waals surface area (Å²) in [5.74, 6) is 1.94. The maximum atomic E-state index is 5.97. The Morgan fingerprint density at radius 2 is 1.75 bits per heavy atom. The van der Waals surface area contributed by atoms with Crippen molar-refractivity contribution in [1.82, 2.24) is 4.98 Å². The Kier molecular flexibility index (Phi) is 3.13. The molecule has 0 spiro atoms. The zero-order valence-corrected chi connectivity index (χ0v) is 11.0. The number of hydrogen-bond acceptors (Lipinski definition) is 4. The van der Waals surface area contributed by atoms with Gasteiger partial charge in [0.2, 0.25) is 5.88 Å². The van der Waals surface area contributed by atoms with Crippen molar-refractivity contribution in [2.75, 3.05) is 12.8 Å². The van der Waals surface area contributed by atoms with Crippen LogP contribution < -0.4 is 15.2 Å². The molecule has 0 aliphatic rings. The molecule has 0 aliphatic carbocycles. The van der Waals surface area contributed by atoms with Gasteiger partial charge in [0.25, 0.3) is 0 Å². The van der Waals surface area contributed by atoms with Crippen molar-refractivity contribution >= 4 is 16.5 Å². The lowest BCUT2D eigenvalue weighted by molar-refractivity contribution is 0.408. The lowest BCUT2D eigenvalue weighted by Gasteiger charge is -2.10. The van der Waals surface area contributed by atoms with Crippen molar-refractivity contribution in [2.24, 2.45) is 0 Å². The fourth-order valence-corrected chi connectivity index (χ4v) is 2.04. The zero-order chi connectivity index (χ0) is 13.9. The summed E-state index contributed by atoms with van der Waals surface area (Å²) < 4.78 is 10.9. The molecule has 0 bridgehead atoms. The Morgan fingerprint density at radius 1 is 0.950 bits per heavy atom. The van der Waals surface area contributed by atoms with Crippen molar-refractivity contribution < 1.29 is 9.47 Å². The van der Waals surface area contributed by atoms with Crippen LogP contribution in [-0.2, 0) is 0 Å². The molecule has 2 N–H and O–H groups in total. The fourth-order valence-electron chi connectivity index (χ4n) is 2.04. The highest BCUT2D eigenvalue weighted by Gasteiger charge is 2.06. The van der Waals surface area contributed by atoms with Crippen LogP contribution in [0.15, 0.2) is 54.7 Å². The number of ether oxygens (including phenoxy) is 2. The minimum absolute atomic E-state index is 0.515. The van der Waals surface area contributed by atoms with E-state index < -0.39 is 0 Å². The SMILES string of the molecule is COc1ccc(Oc2ccc(N)c3ccccc23)nc1. The standard InChI is InChI=1S/C16H14N2O2/c1-19-11-6-9-16(18-10-11)20-15-8-7-14(17)12-4-2-3-5-13(12)15/h2-10H,17H2,1H3. The second kappa shape index (κ2) is 5.09. The van der Waals surface area contributed by atoms with Crippen molar-refractivity contribution in [3.05, 3.63) is 54.7 Å². The highest BCUT2D eigenvalue weighted by atomic mass is 16.5. The van der Waals surface area contributed by atoms with Gasteiger partial charge in [-0.15, -0.1) is 0 Å². The van der Waals surface area contributed by atoms with Crippen LogP contribution in [0.5, 0.6) is 17.4 Å². The number of anilines is 1. The average molecular weight is 266 g/mol. The largest absolute Gasteiger partial charge is 0.495 e. The van der Waals surface area contributed by atoms with E-state index in [2.05, 4.69) is 4.98 Å². The Labute approximate surface area is 116 Å². The predicted octanol–water partition coefficient (Wildman–Crippen LogP) is 3.62. The Hall–Kier alpha value is -2.75. The average Bonchev–Trinajstić information content (AvgIpc) is 2.51. The van der Waals surface area contributed by atoms with E-state index in [9.17, 15) is 0 Å². The molecule has 3 rings (SSSR count). The lowest BCUT2D eigenvalue weighted by Crippen LogP contribution is -1.92. The minimum Gasteiger partial charge on any atom is -0.495 e. The summed E-state index contributed by atoms with van der Waals surface area (Å²) in [6.45, 7) is 0. The number of rotatable bonds is 3. The Bertz CT molecular complexity index is 739. The molecule has 0 unspecified atom stereocenters. The van der Waals surface area contributed by atoms with E-state index in [1.54, 1.807) is 19.4 Å². The van der Waals surface area contributed by atoms with Gasteiger partial charge in [0.05, 0.1) is 13.3 Å². The summed E-state index contributed by atoms with van der Waals surface area (Å²) in [5, 5.41) is 1.93. The molecule has 0 aliphatic heterocycles. The van der Waals surface area contributed by atoms with E-state index in [4.69, 9.17) is 15.2 Å². The van der Waals surface area contributed by atoms with Gasteiger partial charge in [-0.05, 0) is 18.2 Å². The van der Waals surface area contributed by atoms with Gasteiger partial charge in [-0.25, -0.2) is 4.98 Å². The van der Waals surface area contributed by atoms with E-state index in [-0.39, 0.29) is 0 Å². The second-order valence-corrected chi connectivity index (χ2v) is 4.34. The maximum absolute atomic E-state index is 5.97. The predicted molar refractivity (Wildman–Crippen MR) is 79.2 cm³/mol. The fraction of sp³-hybridized carbons (Fsp3) is 0.0625. The second-order valence-electron chi connectivity index (χ2n) is 4.34. The summed E-state index contributed by atoms with van der Waals surface area (Å²) in [5.41, 5.74) is 6.70. The third kappa shape index (κ3) is 2.23. The van der Waals surface area contributed by atoms with Crippen molar-refractivity contribution in [2.45, 2.75) is 0 Å². The van der Waals surface area contributed by atoms with E-state index in [1.807, 2.05) is 42.5 Å². The van der Waals surface area contributed by atoms with Gasteiger partial charge in [0.15, 0.2) is 0 Å². The maximum Gasteiger partial charge on any atom is 0.219 e. The summed E-state index contributed by atoms with van der Waals surface area (Å²) >= 11 is 0. The van der Waals surface area contributed by atoms with Gasteiger partial charge in [0, 0.05) is 22.5 Å². The molecule has 3 aromatic rings. The molecular weight excluding hydrogens is 252 g/mol. The lowest BCUT2D eigenvalue weighted by atomic mass is 10.1. The van der Waals surface area contributed by atoms with E-state index in [0.717, 1.165) is 22.2 Å². The number of nitrogens with zero attached hydrogens (tertiary/aromatic N) is 1. The topological polar surface area (TPSA) is 57.4 Å². The molecule has 0 saturated heterocycles. The molecule has 0 saturated carbocycles. The summed E-state index contributed by atoms with van der Waals surface area (Å²) in [6, 6.07) is 15.1. The van der Waals surface area contributed by atoms with Crippen LogP contribution in [0.3, 0.4) is 0 Å². The molecule has 0 fully saturated rings. The minimum atomic E-state index is 0.515. The van der Waals surface area contributed by atoms with Gasteiger partial charge in [-0.2, -0.15) is 0 Å². The molecule has 2 aromatic carbocycles. The molecule has 1 aromatic heterocycles. The number of hydrogen-bond donors (Lipinski definition) is 1. The van der Waals surface area contributed by atoms with Crippen LogP contribution >= 0.6 is 0 Å². The highest BCUT2D eigenvalue weighted by Crippen LogP contribution is 2.32. The van der Waals surface area contributed by atoms with E-state index in [1.165, 1.54) is 0 Å². The van der Waals surface area contributed by atoms with E-state index >= 15 is 0 Å². The number of benzene rings is 2. The third-order valence-electron chi connectivity index (χ3n) is 3.08. The number of aromatic nitrogens is 1. The van der Waals surface area contributed by atoms with Gasteiger partial charge in [-0.3, -0.25) is 0 Å². The zero-order valence-electron chi connectivity index (χ0n) is 11.0. The summed E-state index contributed by atoms with van der Waals surface area (Å²) in [6.07, 6.45) is 1.62. The van der Waals surface area contributed by atoms with Crippen molar-refractivity contribution in [3.8, 4) is 17.4 Å². The van der Waals surface area contributed by atoms with Gasteiger partial charge < -0.3 is 15.2 Å². The quantitative estimate of drug-likeness (QED) is 0.736. The van der Waals surface area contributed by atoms with E-state index in [0.29, 0.717) is 11.6 Å². The molecule has 4 nitrogen and oxygen atoms in total. The smallest absolute Gasteiger partial charge is 0.219 e. The first-order valence-corrected chi connectivity index (χ1v) is 6.23. The molecule has 4 heteroatoms. The first-order valence-electron chi connectivity index (χ1n) is 6.23. The number of methoxy groups -OCH3 is 1. The number of nitrogen functional groups attached to an aromatic ring is 1. The highest BCUT2D eigenvalue weighted by molar-refractivity contribution is 5.97. The van der Waals surface area contributed by atoms with Crippen molar-refractivity contribution in [3.63, 3.8) is 0 Å². The van der Waals surface area contributed by atoms with Crippen LogP contribution in [0.2, 0.25) is 0 Å². The third-order valence-corrected chi connectivity index (χ3v) is 3.08. The number of pyridine rings is 1.